The lowest BCUT2D eigenvalue weighted by Gasteiger charge is -2.27. The van der Waals surface area contributed by atoms with Crippen LogP contribution in [0.1, 0.15) is 44.6 Å². The topological polar surface area (TPSA) is 58.2 Å². The molecule has 4 nitrogen and oxygen atoms in total. The average Bonchev–Trinajstić information content (AvgIpc) is 2.57. The average molecular weight is 337 g/mol. The molecule has 1 aliphatic carbocycles. The van der Waals surface area contributed by atoms with Gasteiger partial charge < -0.3 is 10.6 Å². The van der Waals surface area contributed by atoms with E-state index in [1.807, 2.05) is 32.0 Å². The van der Waals surface area contributed by atoms with Gasteiger partial charge in [-0.25, -0.2) is 0 Å². The molecule has 0 radical (unpaired) electrons. The van der Waals surface area contributed by atoms with Crippen LogP contribution in [0, 0.1) is 18.8 Å². The van der Waals surface area contributed by atoms with Gasteiger partial charge in [0.15, 0.2) is 0 Å². The van der Waals surface area contributed by atoms with Gasteiger partial charge in [0.25, 0.3) is 0 Å². The van der Waals surface area contributed by atoms with Crippen LogP contribution < -0.4 is 10.6 Å². The third-order valence-electron chi connectivity index (χ3n) is 4.54. The lowest BCUT2D eigenvalue weighted by Crippen LogP contribution is -2.35. The Morgan fingerprint density at radius 3 is 2.35 bits per heavy atom. The van der Waals surface area contributed by atoms with Crippen LogP contribution in [0.15, 0.2) is 18.2 Å². The molecule has 23 heavy (non-hydrogen) atoms. The summed E-state index contributed by atoms with van der Waals surface area (Å²) in [5.41, 5.74) is 1.65. The van der Waals surface area contributed by atoms with Gasteiger partial charge in [-0.1, -0.05) is 24.6 Å². The summed E-state index contributed by atoms with van der Waals surface area (Å²) >= 11 is 6.08. The van der Waals surface area contributed by atoms with E-state index in [-0.39, 0.29) is 23.7 Å². The summed E-state index contributed by atoms with van der Waals surface area (Å²) in [5, 5.41) is 6.57. The lowest BCUT2D eigenvalue weighted by atomic mass is 9.81. The first-order chi connectivity index (χ1) is 11.0. The summed E-state index contributed by atoms with van der Waals surface area (Å²) in [6.07, 6.45) is 4.03. The number of amides is 2. The smallest absolute Gasteiger partial charge is 0.227 e. The van der Waals surface area contributed by atoms with Crippen LogP contribution in [0.5, 0.6) is 0 Å². The summed E-state index contributed by atoms with van der Waals surface area (Å²) in [7, 11) is 0. The Kier molecular flexibility index (Phi) is 6.46. The summed E-state index contributed by atoms with van der Waals surface area (Å²) in [4.78, 5) is 24.4. The Balaban J connectivity index is 1.86. The number of hydrogen-bond acceptors (Lipinski definition) is 2. The van der Waals surface area contributed by atoms with Gasteiger partial charge >= 0.3 is 0 Å². The second-order valence-electron chi connectivity index (χ2n) is 6.24. The van der Waals surface area contributed by atoms with Gasteiger partial charge in [0.1, 0.15) is 0 Å². The van der Waals surface area contributed by atoms with Crippen molar-refractivity contribution >= 4 is 29.1 Å². The first kappa shape index (κ1) is 17.8. The molecule has 0 aliphatic heterocycles. The number of rotatable bonds is 5. The molecule has 0 atom stereocenters. The van der Waals surface area contributed by atoms with Crippen molar-refractivity contribution in [1.82, 2.24) is 5.32 Å². The third-order valence-corrected chi connectivity index (χ3v) is 4.95. The van der Waals surface area contributed by atoms with E-state index in [2.05, 4.69) is 10.6 Å². The van der Waals surface area contributed by atoms with Crippen molar-refractivity contribution in [2.75, 3.05) is 11.9 Å². The van der Waals surface area contributed by atoms with Crippen molar-refractivity contribution in [3.63, 3.8) is 0 Å². The molecule has 0 spiro atoms. The molecule has 2 rings (SSSR count). The molecule has 0 aromatic heterocycles. The zero-order valence-electron chi connectivity index (χ0n) is 13.8. The Morgan fingerprint density at radius 1 is 1.13 bits per heavy atom. The molecule has 1 saturated carbocycles. The van der Waals surface area contributed by atoms with E-state index < -0.39 is 0 Å². The van der Waals surface area contributed by atoms with Crippen LogP contribution >= 0.6 is 11.6 Å². The normalized spacial score (nSPS) is 20.8. The molecule has 0 heterocycles. The summed E-state index contributed by atoms with van der Waals surface area (Å²) < 4.78 is 0. The molecule has 0 saturated heterocycles. The Bertz CT molecular complexity index is 566. The maximum absolute atomic E-state index is 12.4. The molecule has 126 valence electrons. The van der Waals surface area contributed by atoms with Gasteiger partial charge in [-0.05, 0) is 56.7 Å². The summed E-state index contributed by atoms with van der Waals surface area (Å²) in [5.74, 6) is 0.196. The molecule has 1 fully saturated rings. The van der Waals surface area contributed by atoms with E-state index in [9.17, 15) is 9.59 Å². The van der Waals surface area contributed by atoms with Gasteiger partial charge in [-0.15, -0.1) is 0 Å². The van der Waals surface area contributed by atoms with Crippen molar-refractivity contribution in [3.05, 3.63) is 28.8 Å². The highest BCUT2D eigenvalue weighted by Gasteiger charge is 2.29. The highest BCUT2D eigenvalue weighted by Crippen LogP contribution is 2.31. The number of nitrogens with one attached hydrogen (secondary N) is 2. The third kappa shape index (κ3) is 4.71. The van der Waals surface area contributed by atoms with Gasteiger partial charge in [-0.3, -0.25) is 9.59 Å². The molecule has 0 unspecified atom stereocenters. The minimum atomic E-state index is -0.0244. The minimum Gasteiger partial charge on any atom is -0.356 e. The monoisotopic (exact) mass is 336 g/mol. The molecular formula is C18H25ClN2O2. The van der Waals surface area contributed by atoms with Crippen molar-refractivity contribution in [3.8, 4) is 0 Å². The SMILES string of the molecule is CCCNC(=O)C1CCC(C(=O)Nc2cccc(Cl)c2C)CC1. The quantitative estimate of drug-likeness (QED) is 0.856. The molecule has 5 heteroatoms. The summed E-state index contributed by atoms with van der Waals surface area (Å²) in [6, 6.07) is 5.51. The summed E-state index contributed by atoms with van der Waals surface area (Å²) in [6.45, 7) is 4.67. The lowest BCUT2D eigenvalue weighted by molar-refractivity contribution is -0.128. The maximum Gasteiger partial charge on any atom is 0.227 e. The van der Waals surface area contributed by atoms with E-state index in [0.29, 0.717) is 5.02 Å². The highest BCUT2D eigenvalue weighted by atomic mass is 35.5. The van der Waals surface area contributed by atoms with E-state index in [4.69, 9.17) is 11.6 Å². The number of carbonyl (C=O) groups excluding carboxylic acids is 2. The fourth-order valence-electron chi connectivity index (χ4n) is 2.99. The van der Waals surface area contributed by atoms with E-state index in [1.54, 1.807) is 0 Å². The number of benzene rings is 1. The van der Waals surface area contributed by atoms with E-state index in [1.165, 1.54) is 0 Å². The largest absolute Gasteiger partial charge is 0.356 e. The standard InChI is InChI=1S/C18H25ClN2O2/c1-3-11-20-17(22)13-7-9-14(10-8-13)18(23)21-16-6-4-5-15(19)12(16)2/h4-6,13-14H,3,7-11H2,1-2H3,(H,20,22)(H,21,23). The molecular weight excluding hydrogens is 312 g/mol. The van der Waals surface area contributed by atoms with Crippen LogP contribution in [0.3, 0.4) is 0 Å². The minimum absolute atomic E-state index is 0.0244. The van der Waals surface area contributed by atoms with Crippen LogP contribution in [0.2, 0.25) is 5.02 Å². The van der Waals surface area contributed by atoms with E-state index >= 15 is 0 Å². The molecule has 2 amide bonds. The molecule has 1 aromatic rings. The van der Waals surface area contributed by atoms with Gasteiger partial charge in [0.2, 0.25) is 11.8 Å². The Hall–Kier alpha value is -1.55. The predicted molar refractivity (Wildman–Crippen MR) is 93.6 cm³/mol. The first-order valence-corrected chi connectivity index (χ1v) is 8.74. The van der Waals surface area contributed by atoms with Crippen LogP contribution in [0.4, 0.5) is 5.69 Å². The second-order valence-corrected chi connectivity index (χ2v) is 6.65. The van der Waals surface area contributed by atoms with Gasteiger partial charge in [0.05, 0.1) is 0 Å². The zero-order valence-corrected chi connectivity index (χ0v) is 14.6. The number of halogens is 1. The molecule has 1 aromatic carbocycles. The highest BCUT2D eigenvalue weighted by molar-refractivity contribution is 6.31. The maximum atomic E-state index is 12.4. The second kappa shape index (κ2) is 8.34. The fraction of sp³-hybridized carbons (Fsp3) is 0.556. The number of hydrogen-bond donors (Lipinski definition) is 2. The van der Waals surface area contributed by atoms with Gasteiger partial charge in [0, 0.05) is 29.1 Å². The van der Waals surface area contributed by atoms with Crippen molar-refractivity contribution in [2.24, 2.45) is 11.8 Å². The molecule has 0 bridgehead atoms. The first-order valence-electron chi connectivity index (χ1n) is 8.36. The zero-order chi connectivity index (χ0) is 16.8. The molecule has 1 aliphatic rings. The predicted octanol–water partition coefficient (Wildman–Crippen LogP) is 3.92. The Morgan fingerprint density at radius 2 is 1.74 bits per heavy atom. The van der Waals surface area contributed by atoms with Crippen molar-refractivity contribution in [1.29, 1.82) is 0 Å². The molecule has 2 N–H and O–H groups in total. The van der Waals surface area contributed by atoms with E-state index in [0.717, 1.165) is 49.9 Å². The number of anilines is 1. The van der Waals surface area contributed by atoms with Crippen molar-refractivity contribution < 1.29 is 9.59 Å². The number of carbonyl (C=O) groups is 2. The van der Waals surface area contributed by atoms with Crippen molar-refractivity contribution in [2.45, 2.75) is 46.0 Å². The fourth-order valence-corrected chi connectivity index (χ4v) is 3.16. The van der Waals surface area contributed by atoms with Crippen LogP contribution in [-0.4, -0.2) is 18.4 Å². The Labute approximate surface area is 143 Å². The van der Waals surface area contributed by atoms with Crippen LogP contribution in [-0.2, 0) is 9.59 Å². The van der Waals surface area contributed by atoms with Crippen LogP contribution in [0.25, 0.3) is 0 Å². The van der Waals surface area contributed by atoms with Gasteiger partial charge in [-0.2, -0.15) is 0 Å².